The zero-order chi connectivity index (χ0) is 13.0. The van der Waals surface area contributed by atoms with Crippen molar-refractivity contribution in [2.75, 3.05) is 12.4 Å². The molecule has 6 heteroatoms. The second kappa shape index (κ2) is 5.77. The molecule has 0 bridgehead atoms. The average Bonchev–Trinajstić information content (AvgIpc) is 2.41. The minimum atomic E-state index is -0.223. The molecule has 0 aliphatic heterocycles. The monoisotopic (exact) mass is 250 g/mol. The highest BCUT2D eigenvalue weighted by molar-refractivity contribution is 5.92. The van der Waals surface area contributed by atoms with Crippen LogP contribution in [0.15, 0.2) is 12.3 Å². The lowest BCUT2D eigenvalue weighted by Crippen LogP contribution is -2.29. The van der Waals surface area contributed by atoms with Crippen molar-refractivity contribution >= 4 is 11.9 Å². The van der Waals surface area contributed by atoms with Crippen LogP contribution in [0.3, 0.4) is 0 Å². The molecule has 6 nitrogen and oxygen atoms in total. The maximum Gasteiger partial charge on any atom is 0.269 e. The van der Waals surface area contributed by atoms with E-state index in [9.17, 15) is 9.90 Å². The quantitative estimate of drug-likeness (QED) is 0.729. The number of amides is 1. The third kappa shape index (κ3) is 3.16. The Labute approximate surface area is 106 Å². The summed E-state index contributed by atoms with van der Waals surface area (Å²) in [7, 11) is 1.57. The van der Waals surface area contributed by atoms with E-state index in [1.54, 1.807) is 19.3 Å². The minimum Gasteiger partial charge on any atom is -0.393 e. The molecule has 0 radical (unpaired) electrons. The first-order valence-corrected chi connectivity index (χ1v) is 6.19. The van der Waals surface area contributed by atoms with Crippen molar-refractivity contribution in [3.05, 3.63) is 18.0 Å². The first-order chi connectivity index (χ1) is 8.69. The van der Waals surface area contributed by atoms with Crippen LogP contribution < -0.4 is 10.6 Å². The number of nitrogens with zero attached hydrogens (tertiary/aromatic N) is 2. The van der Waals surface area contributed by atoms with Crippen LogP contribution in [0, 0.1) is 0 Å². The van der Waals surface area contributed by atoms with Crippen molar-refractivity contribution in [1.82, 2.24) is 15.3 Å². The maximum atomic E-state index is 11.4. The number of aromatic nitrogens is 2. The van der Waals surface area contributed by atoms with Gasteiger partial charge < -0.3 is 15.7 Å². The number of anilines is 1. The molecule has 0 spiro atoms. The molecule has 1 fully saturated rings. The Bertz CT molecular complexity index is 416. The molecule has 1 amide bonds. The lowest BCUT2D eigenvalue weighted by molar-refractivity contribution is 0.0958. The Hall–Kier alpha value is -1.69. The predicted octanol–water partition coefficient (Wildman–Crippen LogP) is 0.552. The van der Waals surface area contributed by atoms with Crippen LogP contribution in [0.25, 0.3) is 0 Å². The molecule has 1 heterocycles. The van der Waals surface area contributed by atoms with E-state index in [0.29, 0.717) is 11.6 Å². The number of hydrogen-bond acceptors (Lipinski definition) is 5. The van der Waals surface area contributed by atoms with E-state index in [4.69, 9.17) is 0 Å². The molecule has 0 saturated heterocycles. The van der Waals surface area contributed by atoms with Gasteiger partial charge in [0.05, 0.1) is 6.10 Å². The number of aliphatic hydroxyl groups excluding tert-OH is 1. The molecule has 0 atom stereocenters. The van der Waals surface area contributed by atoms with E-state index in [-0.39, 0.29) is 18.1 Å². The Kier molecular flexibility index (Phi) is 4.09. The van der Waals surface area contributed by atoms with Gasteiger partial charge in [0, 0.05) is 19.3 Å². The summed E-state index contributed by atoms with van der Waals surface area (Å²) in [6.45, 7) is 0. The molecule has 1 aromatic rings. The first kappa shape index (κ1) is 12.8. The van der Waals surface area contributed by atoms with Crippen molar-refractivity contribution in [3.8, 4) is 0 Å². The fourth-order valence-corrected chi connectivity index (χ4v) is 2.09. The molecule has 98 valence electrons. The minimum absolute atomic E-state index is 0.179. The number of nitrogens with one attached hydrogen (secondary N) is 2. The van der Waals surface area contributed by atoms with Crippen molar-refractivity contribution in [2.24, 2.45) is 0 Å². The molecule has 1 aliphatic carbocycles. The van der Waals surface area contributed by atoms with E-state index < -0.39 is 0 Å². The van der Waals surface area contributed by atoms with Gasteiger partial charge in [-0.3, -0.25) is 4.79 Å². The Balaban J connectivity index is 1.99. The summed E-state index contributed by atoms with van der Waals surface area (Å²) in [5, 5.41) is 15.2. The Morgan fingerprint density at radius 3 is 2.78 bits per heavy atom. The zero-order valence-corrected chi connectivity index (χ0v) is 10.4. The summed E-state index contributed by atoms with van der Waals surface area (Å²) < 4.78 is 0. The number of carbonyl (C=O) groups excluding carboxylic acids is 1. The highest BCUT2D eigenvalue weighted by atomic mass is 16.3. The van der Waals surface area contributed by atoms with Gasteiger partial charge in [-0.15, -0.1) is 0 Å². The van der Waals surface area contributed by atoms with Gasteiger partial charge in [-0.05, 0) is 31.7 Å². The summed E-state index contributed by atoms with van der Waals surface area (Å²) in [5.41, 5.74) is 0.353. The Morgan fingerprint density at radius 1 is 1.39 bits per heavy atom. The zero-order valence-electron chi connectivity index (χ0n) is 10.4. The predicted molar refractivity (Wildman–Crippen MR) is 67.3 cm³/mol. The van der Waals surface area contributed by atoms with E-state index in [0.717, 1.165) is 25.7 Å². The fraction of sp³-hybridized carbons (Fsp3) is 0.583. The van der Waals surface area contributed by atoms with Crippen molar-refractivity contribution < 1.29 is 9.90 Å². The highest BCUT2D eigenvalue weighted by Gasteiger charge is 2.20. The van der Waals surface area contributed by atoms with Crippen LogP contribution in [-0.4, -0.2) is 40.2 Å². The van der Waals surface area contributed by atoms with Crippen molar-refractivity contribution in [2.45, 2.75) is 37.8 Å². The van der Waals surface area contributed by atoms with Crippen molar-refractivity contribution in [1.29, 1.82) is 0 Å². The normalized spacial score (nSPS) is 23.4. The van der Waals surface area contributed by atoms with Gasteiger partial charge in [-0.25, -0.2) is 9.97 Å². The summed E-state index contributed by atoms with van der Waals surface area (Å²) >= 11 is 0. The molecular formula is C12H18N4O2. The van der Waals surface area contributed by atoms with Gasteiger partial charge in [0.2, 0.25) is 5.95 Å². The second-order valence-corrected chi connectivity index (χ2v) is 4.49. The molecule has 18 heavy (non-hydrogen) atoms. The third-order valence-corrected chi connectivity index (χ3v) is 3.15. The smallest absolute Gasteiger partial charge is 0.269 e. The van der Waals surface area contributed by atoms with Gasteiger partial charge in [0.1, 0.15) is 5.69 Å². The number of hydrogen-bond donors (Lipinski definition) is 3. The molecule has 1 aromatic heterocycles. The highest BCUT2D eigenvalue weighted by Crippen LogP contribution is 2.20. The lowest BCUT2D eigenvalue weighted by Gasteiger charge is -2.26. The van der Waals surface area contributed by atoms with E-state index in [1.165, 1.54) is 0 Å². The number of aliphatic hydroxyl groups is 1. The average molecular weight is 250 g/mol. The molecule has 0 unspecified atom stereocenters. The van der Waals surface area contributed by atoms with Crippen molar-refractivity contribution in [3.63, 3.8) is 0 Å². The summed E-state index contributed by atoms with van der Waals surface area (Å²) in [6.07, 6.45) is 4.78. The molecule has 0 aromatic carbocycles. The van der Waals surface area contributed by atoms with Crippen LogP contribution in [0.5, 0.6) is 0 Å². The lowest BCUT2D eigenvalue weighted by atomic mass is 9.93. The molecule has 1 saturated carbocycles. The van der Waals surface area contributed by atoms with E-state index >= 15 is 0 Å². The third-order valence-electron chi connectivity index (χ3n) is 3.15. The van der Waals surface area contributed by atoms with Crippen LogP contribution in [-0.2, 0) is 0 Å². The van der Waals surface area contributed by atoms with E-state index in [2.05, 4.69) is 20.6 Å². The number of rotatable bonds is 3. The van der Waals surface area contributed by atoms with Gasteiger partial charge in [0.15, 0.2) is 0 Å². The van der Waals surface area contributed by atoms with E-state index in [1.807, 2.05) is 0 Å². The topological polar surface area (TPSA) is 87.1 Å². The van der Waals surface area contributed by atoms with Crippen LogP contribution >= 0.6 is 0 Å². The molecule has 3 N–H and O–H groups in total. The fourth-order valence-electron chi connectivity index (χ4n) is 2.09. The number of carbonyl (C=O) groups is 1. The molecular weight excluding hydrogens is 232 g/mol. The first-order valence-electron chi connectivity index (χ1n) is 6.19. The van der Waals surface area contributed by atoms with Gasteiger partial charge in [-0.1, -0.05) is 0 Å². The Morgan fingerprint density at radius 2 is 2.11 bits per heavy atom. The largest absolute Gasteiger partial charge is 0.393 e. The molecule has 2 rings (SSSR count). The SMILES string of the molecule is CNC(=O)c1ccnc(N[C@H]2CC[C@H](O)CC2)n1. The van der Waals surface area contributed by atoms with Crippen LogP contribution in [0.4, 0.5) is 5.95 Å². The standard InChI is InChI=1S/C12H18N4O2/c1-13-11(18)10-6-7-14-12(16-10)15-8-2-4-9(17)5-3-8/h6-9,17H,2-5H2,1H3,(H,13,18)(H,14,15,16)/t8-,9-. The second-order valence-electron chi connectivity index (χ2n) is 4.49. The van der Waals surface area contributed by atoms with Gasteiger partial charge >= 0.3 is 0 Å². The van der Waals surface area contributed by atoms with Crippen LogP contribution in [0.2, 0.25) is 0 Å². The van der Waals surface area contributed by atoms with Crippen LogP contribution in [0.1, 0.15) is 36.2 Å². The van der Waals surface area contributed by atoms with Gasteiger partial charge in [-0.2, -0.15) is 0 Å². The van der Waals surface area contributed by atoms with Gasteiger partial charge in [0.25, 0.3) is 5.91 Å². The summed E-state index contributed by atoms with van der Waals surface area (Å²) in [6, 6.07) is 1.85. The maximum absolute atomic E-state index is 11.4. The summed E-state index contributed by atoms with van der Waals surface area (Å²) in [5.74, 6) is 0.247. The summed E-state index contributed by atoms with van der Waals surface area (Å²) in [4.78, 5) is 19.7. The molecule has 1 aliphatic rings.